The molecule has 0 spiro atoms. The Morgan fingerprint density at radius 3 is 2.76 bits per heavy atom. The third-order valence-corrected chi connectivity index (χ3v) is 3.58. The number of nitrogens with two attached hydrogens (primary N) is 2. The van der Waals surface area contributed by atoms with Crippen LogP contribution in [-0.2, 0) is 4.74 Å². The van der Waals surface area contributed by atoms with Gasteiger partial charge in [0.05, 0.1) is 25.1 Å². The lowest BCUT2D eigenvalue weighted by Gasteiger charge is -2.37. The van der Waals surface area contributed by atoms with Crippen LogP contribution in [0.3, 0.4) is 0 Å². The van der Waals surface area contributed by atoms with Crippen molar-refractivity contribution in [2.24, 2.45) is 5.73 Å². The topological polar surface area (TPSA) is 145 Å². The molecular formula is C11H17ClN6O3. The van der Waals surface area contributed by atoms with Gasteiger partial charge in [-0.3, -0.25) is 0 Å². The van der Waals surface area contributed by atoms with Crippen LogP contribution in [0.1, 0.15) is 6.04 Å². The van der Waals surface area contributed by atoms with E-state index in [1.165, 1.54) is 12.7 Å². The van der Waals surface area contributed by atoms with E-state index in [2.05, 4.69) is 15.0 Å². The smallest absolute Gasteiger partial charge is 0.165 e. The Balaban J connectivity index is 0.00000161. The molecule has 2 aromatic rings. The molecule has 0 saturated carbocycles. The number of anilines is 1. The molecule has 4 atom stereocenters. The third kappa shape index (κ3) is 2.54. The zero-order valence-corrected chi connectivity index (χ0v) is 11.8. The normalized spacial score (nSPS) is 29.3. The number of aliphatic hydroxyl groups excluding tert-OH is 2. The summed E-state index contributed by atoms with van der Waals surface area (Å²) >= 11 is 0. The predicted molar refractivity (Wildman–Crippen MR) is 76.8 cm³/mol. The minimum atomic E-state index is -1.06. The molecule has 1 aliphatic rings. The zero-order valence-electron chi connectivity index (χ0n) is 11.0. The second-order valence-corrected chi connectivity index (χ2v) is 4.74. The van der Waals surface area contributed by atoms with Gasteiger partial charge in [-0.2, -0.15) is 0 Å². The fourth-order valence-corrected chi connectivity index (χ4v) is 2.43. The molecule has 0 aliphatic carbocycles. The summed E-state index contributed by atoms with van der Waals surface area (Å²) < 4.78 is 7.10. The van der Waals surface area contributed by atoms with E-state index in [0.29, 0.717) is 11.2 Å². The van der Waals surface area contributed by atoms with Gasteiger partial charge in [0.25, 0.3) is 0 Å². The molecule has 9 nitrogen and oxygen atoms in total. The second kappa shape index (κ2) is 6.08. The van der Waals surface area contributed by atoms with Crippen LogP contribution in [0.2, 0.25) is 0 Å². The Bertz CT molecular complexity index is 623. The number of nitrogens with zero attached hydrogens (tertiary/aromatic N) is 4. The Morgan fingerprint density at radius 2 is 2.05 bits per heavy atom. The molecule has 3 rings (SSSR count). The van der Waals surface area contributed by atoms with Gasteiger partial charge in [0, 0.05) is 6.54 Å². The van der Waals surface area contributed by atoms with Crippen LogP contribution in [-0.4, -0.2) is 61.2 Å². The summed E-state index contributed by atoms with van der Waals surface area (Å²) in [6.07, 6.45) is 0.171. The maximum atomic E-state index is 10.2. The lowest BCUT2D eigenvalue weighted by molar-refractivity contribution is -0.154. The van der Waals surface area contributed by atoms with E-state index in [9.17, 15) is 10.2 Å². The van der Waals surface area contributed by atoms with Crippen molar-refractivity contribution in [1.29, 1.82) is 0 Å². The highest BCUT2D eigenvalue weighted by Crippen LogP contribution is 2.27. The third-order valence-electron chi connectivity index (χ3n) is 3.58. The summed E-state index contributed by atoms with van der Waals surface area (Å²) in [5, 5.41) is 20.2. The Labute approximate surface area is 126 Å². The molecule has 3 heterocycles. The van der Waals surface area contributed by atoms with Crippen molar-refractivity contribution in [3.63, 3.8) is 0 Å². The summed E-state index contributed by atoms with van der Waals surface area (Å²) in [7, 11) is 0. The van der Waals surface area contributed by atoms with E-state index in [0.717, 1.165) is 0 Å². The highest BCUT2D eigenvalue weighted by Gasteiger charge is 2.39. The van der Waals surface area contributed by atoms with Gasteiger partial charge in [0.2, 0.25) is 0 Å². The van der Waals surface area contributed by atoms with E-state index in [1.807, 2.05) is 0 Å². The standard InChI is InChI=1S/C11H16N6O3.ClH/c12-1-6-9(19)8(18)5(2-20-6)17-4-16-7-10(13)14-3-15-11(7)17;/h3-6,8-9,18-19H,1-2,12H2,(H2,13,14,15);1H/t5-,6-,8+,9-;/m1./s1. The number of halogens is 1. The molecule has 10 heteroatoms. The number of rotatable bonds is 2. The minimum Gasteiger partial charge on any atom is -0.388 e. The molecular weight excluding hydrogens is 300 g/mol. The number of fused-ring (bicyclic) bond motifs is 1. The summed E-state index contributed by atoms with van der Waals surface area (Å²) in [5.41, 5.74) is 12.1. The summed E-state index contributed by atoms with van der Waals surface area (Å²) in [5.74, 6) is 0.264. The first-order chi connectivity index (χ1) is 9.63. The van der Waals surface area contributed by atoms with Crippen molar-refractivity contribution in [1.82, 2.24) is 19.5 Å². The van der Waals surface area contributed by atoms with Gasteiger partial charge >= 0.3 is 0 Å². The van der Waals surface area contributed by atoms with Crippen molar-refractivity contribution in [2.45, 2.75) is 24.4 Å². The number of imidazole rings is 1. The fraction of sp³-hybridized carbons (Fsp3) is 0.545. The zero-order chi connectivity index (χ0) is 14.3. The number of aromatic nitrogens is 4. The summed E-state index contributed by atoms with van der Waals surface area (Å²) in [6, 6.07) is -0.507. The van der Waals surface area contributed by atoms with Crippen molar-refractivity contribution >= 4 is 29.4 Å². The van der Waals surface area contributed by atoms with Crippen molar-refractivity contribution in [3.8, 4) is 0 Å². The van der Waals surface area contributed by atoms with Crippen molar-refractivity contribution in [2.75, 3.05) is 18.9 Å². The average Bonchev–Trinajstić information content (AvgIpc) is 2.87. The molecule has 6 N–H and O–H groups in total. The molecule has 0 unspecified atom stereocenters. The first-order valence-electron chi connectivity index (χ1n) is 6.24. The van der Waals surface area contributed by atoms with Crippen LogP contribution in [0.4, 0.5) is 5.82 Å². The summed E-state index contributed by atoms with van der Waals surface area (Å²) in [6.45, 7) is 0.347. The molecule has 2 aromatic heterocycles. The monoisotopic (exact) mass is 316 g/mol. The van der Waals surface area contributed by atoms with E-state index in [1.54, 1.807) is 4.57 Å². The molecule has 1 aliphatic heterocycles. The van der Waals surface area contributed by atoms with Crippen LogP contribution in [0, 0.1) is 0 Å². The number of hydrogen-bond acceptors (Lipinski definition) is 8. The van der Waals surface area contributed by atoms with Crippen LogP contribution < -0.4 is 11.5 Å². The average molecular weight is 317 g/mol. The van der Waals surface area contributed by atoms with E-state index in [-0.39, 0.29) is 31.4 Å². The van der Waals surface area contributed by atoms with Crippen molar-refractivity contribution < 1.29 is 14.9 Å². The first-order valence-corrected chi connectivity index (χ1v) is 6.24. The number of hydrogen-bond donors (Lipinski definition) is 4. The molecule has 1 saturated heterocycles. The van der Waals surface area contributed by atoms with Crippen molar-refractivity contribution in [3.05, 3.63) is 12.7 Å². The fourth-order valence-electron chi connectivity index (χ4n) is 2.43. The molecule has 116 valence electrons. The quantitative estimate of drug-likeness (QED) is 0.521. The highest BCUT2D eigenvalue weighted by atomic mass is 35.5. The van der Waals surface area contributed by atoms with Crippen LogP contribution in [0.15, 0.2) is 12.7 Å². The van der Waals surface area contributed by atoms with Gasteiger partial charge in [-0.15, -0.1) is 12.4 Å². The molecule has 21 heavy (non-hydrogen) atoms. The van der Waals surface area contributed by atoms with Crippen LogP contribution >= 0.6 is 12.4 Å². The maximum absolute atomic E-state index is 10.2. The van der Waals surface area contributed by atoms with Crippen LogP contribution in [0.25, 0.3) is 11.2 Å². The number of nitrogen functional groups attached to an aromatic ring is 1. The Hall–Kier alpha value is -1.52. The van der Waals surface area contributed by atoms with Gasteiger partial charge in [-0.1, -0.05) is 0 Å². The van der Waals surface area contributed by atoms with Gasteiger partial charge < -0.3 is 31.0 Å². The molecule has 0 amide bonds. The summed E-state index contributed by atoms with van der Waals surface area (Å²) in [4.78, 5) is 12.1. The Morgan fingerprint density at radius 1 is 1.29 bits per heavy atom. The van der Waals surface area contributed by atoms with Gasteiger partial charge in [0.15, 0.2) is 11.5 Å². The van der Waals surface area contributed by atoms with Gasteiger partial charge in [0.1, 0.15) is 24.1 Å². The van der Waals surface area contributed by atoms with Gasteiger partial charge in [-0.25, -0.2) is 15.0 Å². The SMILES string of the molecule is Cl.NC[C@H]1OC[C@@H](n2cnc3c(N)ncnc32)[C@H](O)[C@@H]1O. The molecule has 0 radical (unpaired) electrons. The van der Waals surface area contributed by atoms with Crippen LogP contribution in [0.5, 0.6) is 0 Å². The largest absolute Gasteiger partial charge is 0.388 e. The molecule has 1 fully saturated rings. The van der Waals surface area contributed by atoms with E-state index < -0.39 is 24.4 Å². The lowest BCUT2D eigenvalue weighted by Crippen LogP contribution is -2.53. The highest BCUT2D eigenvalue weighted by molar-refractivity contribution is 5.85. The van der Waals surface area contributed by atoms with E-state index >= 15 is 0 Å². The lowest BCUT2D eigenvalue weighted by atomic mass is 9.98. The van der Waals surface area contributed by atoms with E-state index in [4.69, 9.17) is 16.2 Å². The number of aliphatic hydroxyl groups is 2. The first kappa shape index (κ1) is 15.9. The minimum absolute atomic E-state index is 0. The Kier molecular flexibility index (Phi) is 4.59. The number of ether oxygens (including phenoxy) is 1. The maximum Gasteiger partial charge on any atom is 0.165 e. The molecule has 0 aromatic carbocycles. The molecule has 0 bridgehead atoms. The predicted octanol–water partition coefficient (Wildman–Crippen LogP) is -1.55. The van der Waals surface area contributed by atoms with Gasteiger partial charge in [-0.05, 0) is 0 Å². The second-order valence-electron chi connectivity index (χ2n) is 4.74.